The van der Waals surface area contributed by atoms with Crippen molar-refractivity contribution in [3.63, 3.8) is 0 Å². The van der Waals surface area contributed by atoms with Gasteiger partial charge in [-0.05, 0) is 29.8 Å². The summed E-state index contributed by atoms with van der Waals surface area (Å²) in [5.74, 6) is -0.231. The molecule has 0 atom stereocenters. The highest BCUT2D eigenvalue weighted by Crippen LogP contribution is 2.37. The molecule has 1 amide bonds. The number of para-hydroxylation sites is 1. The molecule has 162 valence electrons. The first-order chi connectivity index (χ1) is 15.7. The molecule has 0 radical (unpaired) electrons. The molecular formula is C25H22FN3O3. The van der Waals surface area contributed by atoms with E-state index in [-0.39, 0.29) is 11.7 Å². The smallest absolute Gasteiger partial charge is 0.254 e. The summed E-state index contributed by atoms with van der Waals surface area (Å²) in [4.78, 5) is 22.4. The molecule has 32 heavy (non-hydrogen) atoms. The maximum Gasteiger partial charge on any atom is 0.254 e. The average molecular weight is 431 g/mol. The number of benzene rings is 2. The zero-order valence-electron chi connectivity index (χ0n) is 17.6. The standard InChI is InChI=1S/C25H22FN3O3/c1-31-23-19(6-3-7-22(23)26)21-15-28-24-20(21)13-18(14-27-24)16-4-2-5-17(12-16)25(30)29-8-10-32-11-9-29/h2-7,12-15H,8-11H2,1H3,(H,27,28). The van der Waals surface area contributed by atoms with Crippen LogP contribution in [0, 0.1) is 5.82 Å². The maximum atomic E-state index is 14.3. The largest absolute Gasteiger partial charge is 0.493 e. The molecule has 2 aromatic carbocycles. The molecule has 1 N–H and O–H groups in total. The fourth-order valence-corrected chi connectivity index (χ4v) is 4.09. The van der Waals surface area contributed by atoms with Crippen molar-refractivity contribution in [3.05, 3.63) is 72.3 Å². The molecule has 1 fully saturated rings. The van der Waals surface area contributed by atoms with Gasteiger partial charge in [0.1, 0.15) is 5.65 Å². The zero-order valence-corrected chi connectivity index (χ0v) is 17.6. The minimum atomic E-state index is -0.419. The molecule has 0 bridgehead atoms. The number of hydrogen-bond donors (Lipinski definition) is 1. The Morgan fingerprint density at radius 3 is 2.72 bits per heavy atom. The van der Waals surface area contributed by atoms with Crippen LogP contribution in [-0.4, -0.2) is 54.2 Å². The van der Waals surface area contributed by atoms with Gasteiger partial charge < -0.3 is 19.4 Å². The number of carbonyl (C=O) groups is 1. The van der Waals surface area contributed by atoms with Crippen LogP contribution in [0.25, 0.3) is 33.3 Å². The summed E-state index contributed by atoms with van der Waals surface area (Å²) in [6, 6.07) is 14.4. The van der Waals surface area contributed by atoms with E-state index in [1.54, 1.807) is 18.5 Å². The molecule has 1 aliphatic heterocycles. The number of halogens is 1. The molecule has 4 aromatic rings. The molecule has 3 heterocycles. The summed E-state index contributed by atoms with van der Waals surface area (Å²) < 4.78 is 24.9. The number of rotatable bonds is 4. The lowest BCUT2D eigenvalue weighted by atomic mass is 10.00. The normalized spacial score (nSPS) is 14.0. The van der Waals surface area contributed by atoms with E-state index in [1.807, 2.05) is 41.3 Å². The maximum absolute atomic E-state index is 14.3. The number of morpholine rings is 1. The first-order valence-corrected chi connectivity index (χ1v) is 10.4. The van der Waals surface area contributed by atoms with Gasteiger partial charge in [-0.1, -0.05) is 24.3 Å². The number of H-pyrrole nitrogens is 1. The van der Waals surface area contributed by atoms with Crippen LogP contribution in [0.4, 0.5) is 4.39 Å². The van der Waals surface area contributed by atoms with Crippen LogP contribution in [0.2, 0.25) is 0 Å². The van der Waals surface area contributed by atoms with E-state index >= 15 is 0 Å². The Balaban J connectivity index is 1.54. The topological polar surface area (TPSA) is 67.5 Å². The molecule has 5 rings (SSSR count). The molecule has 0 saturated carbocycles. The lowest BCUT2D eigenvalue weighted by Crippen LogP contribution is -2.40. The van der Waals surface area contributed by atoms with Gasteiger partial charge in [-0.25, -0.2) is 9.37 Å². The number of amides is 1. The third-order valence-electron chi connectivity index (χ3n) is 5.73. The van der Waals surface area contributed by atoms with Gasteiger partial charge in [-0.15, -0.1) is 0 Å². The molecule has 1 aliphatic rings. The number of carbonyl (C=O) groups excluding carboxylic acids is 1. The van der Waals surface area contributed by atoms with E-state index in [0.29, 0.717) is 43.1 Å². The van der Waals surface area contributed by atoms with E-state index in [1.165, 1.54) is 13.2 Å². The lowest BCUT2D eigenvalue weighted by molar-refractivity contribution is 0.0303. The Morgan fingerprint density at radius 2 is 1.91 bits per heavy atom. The highest BCUT2D eigenvalue weighted by Gasteiger charge is 2.19. The molecule has 0 aliphatic carbocycles. The van der Waals surface area contributed by atoms with Crippen LogP contribution < -0.4 is 4.74 Å². The van der Waals surface area contributed by atoms with E-state index in [4.69, 9.17) is 9.47 Å². The van der Waals surface area contributed by atoms with Gasteiger partial charge >= 0.3 is 0 Å². The summed E-state index contributed by atoms with van der Waals surface area (Å²) in [5, 5.41) is 0.844. The van der Waals surface area contributed by atoms with Crippen LogP contribution in [-0.2, 0) is 4.74 Å². The fraction of sp³-hybridized carbons (Fsp3) is 0.200. The lowest BCUT2D eigenvalue weighted by Gasteiger charge is -2.27. The minimum Gasteiger partial charge on any atom is -0.493 e. The predicted octanol–water partition coefficient (Wildman–Crippen LogP) is 4.52. The predicted molar refractivity (Wildman–Crippen MR) is 120 cm³/mol. The summed E-state index contributed by atoms with van der Waals surface area (Å²) in [6.07, 6.45) is 3.57. The van der Waals surface area contributed by atoms with Gasteiger partial charge in [-0.3, -0.25) is 4.79 Å². The number of aromatic nitrogens is 2. The number of aromatic amines is 1. The second-order valence-electron chi connectivity index (χ2n) is 7.63. The van der Waals surface area contributed by atoms with Crippen molar-refractivity contribution in [1.29, 1.82) is 0 Å². The average Bonchev–Trinajstić information content (AvgIpc) is 3.27. The zero-order chi connectivity index (χ0) is 22.1. The minimum absolute atomic E-state index is 0.00369. The first-order valence-electron chi connectivity index (χ1n) is 10.4. The van der Waals surface area contributed by atoms with Gasteiger partial charge in [0, 0.05) is 53.1 Å². The summed E-state index contributed by atoms with van der Waals surface area (Å²) in [6.45, 7) is 2.31. The van der Waals surface area contributed by atoms with E-state index in [2.05, 4.69) is 9.97 Å². The molecule has 1 saturated heterocycles. The monoisotopic (exact) mass is 431 g/mol. The highest BCUT2D eigenvalue weighted by atomic mass is 19.1. The van der Waals surface area contributed by atoms with E-state index in [0.717, 1.165) is 22.1 Å². The molecular weight excluding hydrogens is 409 g/mol. The Labute approximate surface area is 184 Å². The Hall–Kier alpha value is -3.71. The number of fused-ring (bicyclic) bond motifs is 1. The second-order valence-corrected chi connectivity index (χ2v) is 7.63. The Kier molecular flexibility index (Phi) is 5.33. The SMILES string of the molecule is COc1c(F)cccc1-c1c[nH]c2ncc(-c3cccc(C(=O)N4CCOCC4)c3)cc12. The number of nitrogens with zero attached hydrogens (tertiary/aromatic N) is 2. The quantitative estimate of drug-likeness (QED) is 0.516. The number of nitrogens with one attached hydrogen (secondary N) is 1. The number of hydrogen-bond acceptors (Lipinski definition) is 4. The molecule has 6 nitrogen and oxygen atoms in total. The van der Waals surface area contributed by atoms with Crippen molar-refractivity contribution in [2.45, 2.75) is 0 Å². The van der Waals surface area contributed by atoms with Gasteiger partial charge in [0.15, 0.2) is 11.6 Å². The number of methoxy groups -OCH3 is 1. The van der Waals surface area contributed by atoms with Gasteiger partial charge in [0.05, 0.1) is 20.3 Å². The summed E-state index contributed by atoms with van der Waals surface area (Å²) in [7, 11) is 1.46. The number of ether oxygens (including phenoxy) is 2. The molecule has 7 heteroatoms. The van der Waals surface area contributed by atoms with Crippen LogP contribution in [0.1, 0.15) is 10.4 Å². The van der Waals surface area contributed by atoms with Crippen molar-refractivity contribution in [3.8, 4) is 28.0 Å². The summed E-state index contributed by atoms with van der Waals surface area (Å²) >= 11 is 0. The third kappa shape index (κ3) is 3.61. The fourth-order valence-electron chi connectivity index (χ4n) is 4.09. The Bertz CT molecular complexity index is 1290. The molecule has 0 spiro atoms. The van der Waals surface area contributed by atoms with Crippen LogP contribution >= 0.6 is 0 Å². The van der Waals surface area contributed by atoms with Gasteiger partial charge in [0.2, 0.25) is 0 Å². The third-order valence-corrected chi connectivity index (χ3v) is 5.73. The van der Waals surface area contributed by atoms with Crippen molar-refractivity contribution in [2.24, 2.45) is 0 Å². The van der Waals surface area contributed by atoms with Crippen LogP contribution in [0.3, 0.4) is 0 Å². The van der Waals surface area contributed by atoms with E-state index < -0.39 is 5.82 Å². The van der Waals surface area contributed by atoms with Crippen molar-refractivity contribution >= 4 is 16.9 Å². The van der Waals surface area contributed by atoms with Crippen LogP contribution in [0.15, 0.2) is 60.9 Å². The summed E-state index contributed by atoms with van der Waals surface area (Å²) in [5.41, 5.74) is 4.52. The highest BCUT2D eigenvalue weighted by molar-refractivity contribution is 5.98. The molecule has 0 unspecified atom stereocenters. The molecule has 2 aromatic heterocycles. The van der Waals surface area contributed by atoms with Crippen molar-refractivity contribution < 1.29 is 18.7 Å². The van der Waals surface area contributed by atoms with E-state index in [9.17, 15) is 9.18 Å². The van der Waals surface area contributed by atoms with Crippen molar-refractivity contribution in [2.75, 3.05) is 33.4 Å². The Morgan fingerprint density at radius 1 is 1.09 bits per heavy atom. The first kappa shape index (κ1) is 20.2. The number of pyridine rings is 1. The van der Waals surface area contributed by atoms with Gasteiger partial charge in [0.25, 0.3) is 5.91 Å². The van der Waals surface area contributed by atoms with Crippen LogP contribution in [0.5, 0.6) is 5.75 Å². The van der Waals surface area contributed by atoms with Crippen molar-refractivity contribution in [1.82, 2.24) is 14.9 Å². The second kappa shape index (κ2) is 8.43. The van der Waals surface area contributed by atoms with Gasteiger partial charge in [-0.2, -0.15) is 0 Å².